The van der Waals surface area contributed by atoms with Crippen molar-refractivity contribution in [2.24, 2.45) is 0 Å². The van der Waals surface area contributed by atoms with Crippen LogP contribution in [0, 0.1) is 0 Å². The molecular formula is C27H27N3O7. The summed E-state index contributed by atoms with van der Waals surface area (Å²) in [5, 5.41) is 21.6. The number of ether oxygens (including phenoxy) is 3. The molecule has 0 bridgehead atoms. The summed E-state index contributed by atoms with van der Waals surface area (Å²) in [6.07, 6.45) is 5.73. The predicted molar refractivity (Wildman–Crippen MR) is 133 cm³/mol. The highest BCUT2D eigenvalue weighted by Crippen LogP contribution is 2.43. The summed E-state index contributed by atoms with van der Waals surface area (Å²) >= 11 is 0. The Labute approximate surface area is 213 Å². The summed E-state index contributed by atoms with van der Waals surface area (Å²) in [6.45, 7) is 3.75. The summed E-state index contributed by atoms with van der Waals surface area (Å²) < 4.78 is 18.6. The summed E-state index contributed by atoms with van der Waals surface area (Å²) in [6, 6.07) is 8.66. The molecule has 1 aromatic heterocycles. The molecule has 2 aromatic carbocycles. The number of hydrogen-bond donors (Lipinski definition) is 2. The zero-order chi connectivity index (χ0) is 25.9. The van der Waals surface area contributed by atoms with Gasteiger partial charge in [-0.2, -0.15) is 0 Å². The average Bonchev–Trinajstić information content (AvgIpc) is 3.52. The Bertz CT molecular complexity index is 1350. The first-order chi connectivity index (χ1) is 18.0. The van der Waals surface area contributed by atoms with Gasteiger partial charge in [0.2, 0.25) is 0 Å². The molecule has 0 spiro atoms. The third-order valence-corrected chi connectivity index (χ3v) is 6.33. The Morgan fingerprint density at radius 1 is 1.11 bits per heavy atom. The van der Waals surface area contributed by atoms with E-state index < -0.39 is 17.7 Å². The molecule has 10 heteroatoms. The maximum Gasteiger partial charge on any atom is 0.295 e. The van der Waals surface area contributed by atoms with Gasteiger partial charge in [-0.25, -0.2) is 4.98 Å². The van der Waals surface area contributed by atoms with E-state index in [9.17, 15) is 19.8 Å². The second-order valence-electron chi connectivity index (χ2n) is 8.67. The third kappa shape index (κ3) is 4.69. The monoisotopic (exact) mass is 505 g/mol. The van der Waals surface area contributed by atoms with E-state index in [0.29, 0.717) is 55.4 Å². The van der Waals surface area contributed by atoms with Crippen LogP contribution in [0.1, 0.15) is 30.5 Å². The van der Waals surface area contributed by atoms with Gasteiger partial charge in [-0.3, -0.25) is 9.59 Å². The third-order valence-electron chi connectivity index (χ3n) is 6.33. The van der Waals surface area contributed by atoms with E-state index in [4.69, 9.17) is 14.2 Å². The number of phenolic OH excluding ortho intramolecular Hbond substituents is 1. The topological polar surface area (TPSA) is 123 Å². The van der Waals surface area contributed by atoms with E-state index in [2.05, 4.69) is 4.98 Å². The molecule has 37 heavy (non-hydrogen) atoms. The van der Waals surface area contributed by atoms with Crippen LogP contribution < -0.4 is 14.2 Å². The SMILES string of the molecule is CCOc1cc([C@H]2/C(=C(\O)c3ccc4c(c3)OCCO4)C(=O)C(=O)N2CCCn2ccnc2)ccc1O. The Kier molecular flexibility index (Phi) is 6.72. The Hall–Kier alpha value is -4.47. The van der Waals surface area contributed by atoms with Gasteiger partial charge in [0.1, 0.15) is 19.0 Å². The number of nitrogens with zero attached hydrogens (tertiary/aromatic N) is 3. The molecule has 1 fully saturated rings. The van der Waals surface area contributed by atoms with Gasteiger partial charge >= 0.3 is 0 Å². The molecule has 3 heterocycles. The molecule has 10 nitrogen and oxygen atoms in total. The minimum absolute atomic E-state index is 0.0440. The number of benzene rings is 2. The molecule has 5 rings (SSSR count). The van der Waals surface area contributed by atoms with Crippen LogP contribution in [-0.2, 0) is 16.1 Å². The van der Waals surface area contributed by atoms with E-state index in [1.807, 2.05) is 10.8 Å². The maximum absolute atomic E-state index is 13.3. The van der Waals surface area contributed by atoms with E-state index in [-0.39, 0.29) is 29.4 Å². The first-order valence-corrected chi connectivity index (χ1v) is 12.1. The Morgan fingerprint density at radius 2 is 1.92 bits per heavy atom. The fraction of sp³-hybridized carbons (Fsp3) is 0.296. The van der Waals surface area contributed by atoms with Crippen molar-refractivity contribution in [1.29, 1.82) is 0 Å². The molecule has 1 saturated heterocycles. The van der Waals surface area contributed by atoms with Gasteiger partial charge in [0, 0.05) is 31.0 Å². The second-order valence-corrected chi connectivity index (χ2v) is 8.67. The van der Waals surface area contributed by atoms with Gasteiger partial charge in [-0.05, 0) is 49.2 Å². The number of aryl methyl sites for hydroxylation is 1. The highest BCUT2D eigenvalue weighted by atomic mass is 16.6. The first-order valence-electron chi connectivity index (χ1n) is 12.1. The van der Waals surface area contributed by atoms with Crippen LogP contribution in [0.2, 0.25) is 0 Å². The Balaban J connectivity index is 1.56. The maximum atomic E-state index is 13.3. The molecule has 1 atom stereocenters. The molecule has 192 valence electrons. The van der Waals surface area contributed by atoms with Gasteiger partial charge in [0.15, 0.2) is 23.0 Å². The molecule has 0 radical (unpaired) electrons. The highest BCUT2D eigenvalue weighted by Gasteiger charge is 2.46. The zero-order valence-electron chi connectivity index (χ0n) is 20.3. The number of carbonyl (C=O) groups excluding carboxylic acids is 2. The van der Waals surface area contributed by atoms with Crippen molar-refractivity contribution in [3.05, 3.63) is 71.8 Å². The largest absolute Gasteiger partial charge is 0.507 e. The Morgan fingerprint density at radius 3 is 2.68 bits per heavy atom. The minimum atomic E-state index is -0.879. The summed E-state index contributed by atoms with van der Waals surface area (Å²) in [5.41, 5.74) is 0.814. The number of aromatic nitrogens is 2. The lowest BCUT2D eigenvalue weighted by Crippen LogP contribution is -2.31. The van der Waals surface area contributed by atoms with E-state index in [1.54, 1.807) is 49.8 Å². The molecule has 2 N–H and O–H groups in total. The van der Waals surface area contributed by atoms with Crippen LogP contribution in [0.3, 0.4) is 0 Å². The van der Waals surface area contributed by atoms with E-state index >= 15 is 0 Å². The van der Waals surface area contributed by atoms with Gasteiger partial charge in [0.25, 0.3) is 11.7 Å². The van der Waals surface area contributed by atoms with Crippen molar-refractivity contribution in [2.75, 3.05) is 26.4 Å². The van der Waals surface area contributed by atoms with Gasteiger partial charge in [0.05, 0.1) is 24.5 Å². The summed E-state index contributed by atoms with van der Waals surface area (Å²) in [7, 11) is 0. The fourth-order valence-corrected chi connectivity index (χ4v) is 4.62. The lowest BCUT2D eigenvalue weighted by molar-refractivity contribution is -0.139. The van der Waals surface area contributed by atoms with Crippen molar-refractivity contribution in [2.45, 2.75) is 25.9 Å². The van der Waals surface area contributed by atoms with Crippen LogP contribution in [0.15, 0.2) is 60.7 Å². The van der Waals surface area contributed by atoms with Crippen molar-refractivity contribution in [3.8, 4) is 23.0 Å². The standard InChI is InChI=1S/C27H27N3O7/c1-2-35-21-14-17(4-6-19(21)31)24-23(25(32)18-5-7-20-22(15-18)37-13-12-36-20)26(33)27(34)30(24)10-3-9-29-11-8-28-16-29/h4-8,11,14-16,24,31-32H,2-3,9-10,12-13H2,1H3/b25-23+/t24-/m0/s1. The number of ketones is 1. The lowest BCUT2D eigenvalue weighted by atomic mass is 9.94. The number of aromatic hydroxyl groups is 1. The van der Waals surface area contributed by atoms with Crippen molar-refractivity contribution in [1.82, 2.24) is 14.5 Å². The number of likely N-dealkylation sites (tertiary alicyclic amines) is 1. The smallest absolute Gasteiger partial charge is 0.295 e. The second kappa shape index (κ2) is 10.3. The molecule has 1 amide bonds. The predicted octanol–water partition coefficient (Wildman–Crippen LogP) is 3.27. The van der Waals surface area contributed by atoms with E-state index in [1.165, 1.54) is 11.0 Å². The quantitative estimate of drug-likeness (QED) is 0.272. The van der Waals surface area contributed by atoms with Crippen LogP contribution in [0.25, 0.3) is 5.76 Å². The first kappa shape index (κ1) is 24.2. The number of amides is 1. The molecule has 0 aliphatic carbocycles. The summed E-state index contributed by atoms with van der Waals surface area (Å²) in [4.78, 5) is 32.0. The van der Waals surface area contributed by atoms with Crippen molar-refractivity contribution >= 4 is 17.4 Å². The minimum Gasteiger partial charge on any atom is -0.507 e. The average molecular weight is 506 g/mol. The van der Waals surface area contributed by atoms with Gasteiger partial charge in [-0.15, -0.1) is 0 Å². The zero-order valence-corrected chi connectivity index (χ0v) is 20.3. The number of aliphatic hydroxyl groups excluding tert-OH is 1. The van der Waals surface area contributed by atoms with Crippen LogP contribution in [0.5, 0.6) is 23.0 Å². The number of hydrogen-bond acceptors (Lipinski definition) is 8. The lowest BCUT2D eigenvalue weighted by Gasteiger charge is -2.26. The highest BCUT2D eigenvalue weighted by molar-refractivity contribution is 6.46. The molecule has 2 aliphatic heterocycles. The number of imidazole rings is 1. The van der Waals surface area contributed by atoms with Crippen LogP contribution in [0.4, 0.5) is 0 Å². The number of carbonyl (C=O) groups is 2. The fourth-order valence-electron chi connectivity index (χ4n) is 4.62. The number of fused-ring (bicyclic) bond motifs is 1. The van der Waals surface area contributed by atoms with Crippen LogP contribution >= 0.6 is 0 Å². The van der Waals surface area contributed by atoms with Gasteiger partial charge < -0.3 is 33.9 Å². The normalized spacial score (nSPS) is 18.3. The van der Waals surface area contributed by atoms with Crippen LogP contribution in [-0.4, -0.2) is 62.7 Å². The van der Waals surface area contributed by atoms with E-state index in [0.717, 1.165) is 0 Å². The molecule has 3 aromatic rings. The summed E-state index contributed by atoms with van der Waals surface area (Å²) in [5.74, 6) is -0.656. The molecule has 0 unspecified atom stereocenters. The van der Waals surface area contributed by atoms with Crippen molar-refractivity contribution < 1.29 is 34.0 Å². The number of Topliss-reactive ketones (excluding diaryl/α,β-unsaturated/α-hetero) is 1. The molecule has 2 aliphatic rings. The van der Waals surface area contributed by atoms with Gasteiger partial charge in [-0.1, -0.05) is 6.07 Å². The number of aliphatic hydroxyl groups is 1. The number of phenols is 1. The molecular weight excluding hydrogens is 478 g/mol. The molecule has 0 saturated carbocycles. The van der Waals surface area contributed by atoms with Crippen molar-refractivity contribution in [3.63, 3.8) is 0 Å². The number of rotatable bonds is 8.